The molecule has 58 valence electrons. The van der Waals surface area contributed by atoms with Gasteiger partial charge in [-0.15, -0.1) is 0 Å². The minimum Gasteiger partial charge on any atom is -0.465 e. The first-order chi connectivity index (χ1) is 4.39. The Morgan fingerprint density at radius 3 is 2.00 bits per heavy atom. The van der Waals surface area contributed by atoms with Crippen molar-refractivity contribution >= 4 is 13.1 Å². The van der Waals surface area contributed by atoms with Gasteiger partial charge in [0.15, 0.2) is 0 Å². The van der Waals surface area contributed by atoms with Crippen LogP contribution in [0.4, 0.5) is 0 Å². The minimum atomic E-state index is -2.50. The van der Waals surface area contributed by atoms with Gasteiger partial charge in [0.05, 0.1) is 12.4 Å². The van der Waals surface area contributed by atoms with Gasteiger partial charge in [-0.1, -0.05) is 6.58 Å². The van der Waals surface area contributed by atoms with Crippen LogP contribution in [-0.4, -0.2) is 26.4 Å². The highest BCUT2D eigenvalue weighted by molar-refractivity contribution is 7.67. The molecule has 0 rings (SSSR count). The van der Waals surface area contributed by atoms with Crippen LogP contribution < -0.4 is 0 Å². The average Bonchev–Trinajstić information content (AvgIpc) is 1.83. The molecule has 0 saturated heterocycles. The Kier molecular flexibility index (Phi) is 2.85. The normalized spacial score (nSPS) is 10.7. The summed E-state index contributed by atoms with van der Waals surface area (Å²) in [7, 11) is -1.26. The fraction of sp³-hybridized carbons (Fsp3) is 0.500. The molecule has 0 aromatic heterocycles. The van der Waals surface area contributed by atoms with Gasteiger partial charge in [0.2, 0.25) is 0 Å². The highest BCUT2D eigenvalue weighted by atomic mass is 31.2. The van der Waals surface area contributed by atoms with Crippen LogP contribution in [0.25, 0.3) is 0 Å². The molecule has 0 aliphatic heterocycles. The summed E-state index contributed by atoms with van der Waals surface area (Å²) in [5.74, 6) is -0.590. The number of carbonyl (C=O) groups is 1. The first-order valence-electron chi connectivity index (χ1n) is 2.72. The number of ether oxygens (including phenoxy) is 1. The largest absolute Gasteiger partial charge is 0.465 e. The SMILES string of the molecule is C=C(C(=O)OC)P(C)(C)=O. The van der Waals surface area contributed by atoms with Crippen LogP contribution in [-0.2, 0) is 14.1 Å². The molecule has 0 saturated carbocycles. The van der Waals surface area contributed by atoms with Crippen LogP contribution in [0.3, 0.4) is 0 Å². The van der Waals surface area contributed by atoms with Crippen molar-refractivity contribution in [3.63, 3.8) is 0 Å². The van der Waals surface area contributed by atoms with Crippen LogP contribution in [0, 0.1) is 0 Å². The maximum Gasteiger partial charge on any atom is 0.340 e. The third kappa shape index (κ3) is 2.36. The van der Waals surface area contributed by atoms with Gasteiger partial charge < -0.3 is 9.30 Å². The molecule has 0 heterocycles. The summed E-state index contributed by atoms with van der Waals surface area (Å²) in [4.78, 5) is 10.7. The Bertz CT molecular complexity index is 201. The van der Waals surface area contributed by atoms with E-state index in [1.165, 1.54) is 20.4 Å². The summed E-state index contributed by atoms with van der Waals surface area (Å²) in [5.41, 5.74) is 0. The van der Waals surface area contributed by atoms with Gasteiger partial charge in [-0.3, -0.25) is 0 Å². The first kappa shape index (κ1) is 9.44. The van der Waals surface area contributed by atoms with E-state index in [4.69, 9.17) is 0 Å². The summed E-state index contributed by atoms with van der Waals surface area (Å²) >= 11 is 0. The zero-order valence-corrected chi connectivity index (χ0v) is 7.27. The molecule has 0 aliphatic carbocycles. The molecule has 0 aromatic carbocycles. The van der Waals surface area contributed by atoms with E-state index >= 15 is 0 Å². The lowest BCUT2D eigenvalue weighted by atomic mass is 10.6. The predicted molar refractivity (Wildman–Crippen MR) is 40.6 cm³/mol. The Hall–Kier alpha value is -0.560. The van der Waals surface area contributed by atoms with E-state index in [-0.39, 0.29) is 5.31 Å². The lowest BCUT2D eigenvalue weighted by Gasteiger charge is -2.06. The van der Waals surface area contributed by atoms with Gasteiger partial charge >= 0.3 is 5.97 Å². The first-order valence-corrected chi connectivity index (χ1v) is 5.32. The summed E-state index contributed by atoms with van der Waals surface area (Å²) in [6.07, 6.45) is 0. The topological polar surface area (TPSA) is 43.4 Å². The zero-order valence-electron chi connectivity index (χ0n) is 6.38. The van der Waals surface area contributed by atoms with Crippen molar-refractivity contribution in [3.05, 3.63) is 11.9 Å². The summed E-state index contributed by atoms with van der Waals surface area (Å²) in [6, 6.07) is 0. The Labute approximate surface area is 60.4 Å². The molecule has 0 bridgehead atoms. The van der Waals surface area contributed by atoms with Crippen molar-refractivity contribution in [2.45, 2.75) is 0 Å². The van der Waals surface area contributed by atoms with Crippen molar-refractivity contribution in [1.29, 1.82) is 0 Å². The molecule has 10 heavy (non-hydrogen) atoms. The fourth-order valence-corrected chi connectivity index (χ4v) is 0.869. The van der Waals surface area contributed by atoms with Crippen molar-refractivity contribution in [2.75, 3.05) is 20.4 Å². The lowest BCUT2D eigenvalue weighted by Crippen LogP contribution is -2.02. The molecule has 0 amide bonds. The molecule has 0 aromatic rings. The number of hydrogen-bond donors (Lipinski definition) is 0. The molecule has 4 heteroatoms. The fourth-order valence-electron chi connectivity index (χ4n) is 0.338. The van der Waals surface area contributed by atoms with Crippen molar-refractivity contribution in [3.8, 4) is 0 Å². The highest BCUT2D eigenvalue weighted by Gasteiger charge is 2.19. The average molecular weight is 162 g/mol. The second kappa shape index (κ2) is 3.02. The van der Waals surface area contributed by atoms with Gasteiger partial charge in [-0.05, 0) is 13.3 Å². The Morgan fingerprint density at radius 1 is 1.50 bits per heavy atom. The van der Waals surface area contributed by atoms with Gasteiger partial charge in [-0.25, -0.2) is 4.79 Å². The molecule has 0 N–H and O–H groups in total. The third-order valence-electron chi connectivity index (χ3n) is 1.07. The van der Waals surface area contributed by atoms with Gasteiger partial charge in [-0.2, -0.15) is 0 Å². The van der Waals surface area contributed by atoms with E-state index < -0.39 is 13.1 Å². The van der Waals surface area contributed by atoms with Crippen LogP contribution in [0.15, 0.2) is 11.9 Å². The Morgan fingerprint density at radius 2 is 1.90 bits per heavy atom. The number of carbonyl (C=O) groups excluding carboxylic acids is 1. The number of rotatable bonds is 2. The van der Waals surface area contributed by atoms with Crippen molar-refractivity contribution in [2.24, 2.45) is 0 Å². The van der Waals surface area contributed by atoms with Gasteiger partial charge in [0.1, 0.15) is 7.14 Å². The minimum absolute atomic E-state index is 0.0648. The summed E-state index contributed by atoms with van der Waals surface area (Å²) < 4.78 is 15.4. The molecule has 0 unspecified atom stereocenters. The molecule has 0 atom stereocenters. The van der Waals surface area contributed by atoms with Gasteiger partial charge in [0, 0.05) is 0 Å². The van der Waals surface area contributed by atoms with Gasteiger partial charge in [0.25, 0.3) is 0 Å². The molecule has 3 nitrogen and oxygen atoms in total. The standard InChI is InChI=1S/C6H11O3P/c1-5(6(7)9-2)10(3,4)8/h1H2,2-4H3. The zero-order chi connectivity index (χ0) is 8.36. The van der Waals surface area contributed by atoms with Crippen molar-refractivity contribution in [1.82, 2.24) is 0 Å². The van der Waals surface area contributed by atoms with Crippen LogP contribution in [0.2, 0.25) is 0 Å². The third-order valence-corrected chi connectivity index (χ3v) is 2.55. The summed E-state index contributed by atoms with van der Waals surface area (Å²) in [6.45, 7) is 6.32. The number of methoxy groups -OCH3 is 1. The Balaban J connectivity index is 4.40. The smallest absolute Gasteiger partial charge is 0.340 e. The lowest BCUT2D eigenvalue weighted by molar-refractivity contribution is -0.135. The molecule has 0 aliphatic rings. The molecule has 0 radical (unpaired) electrons. The van der Waals surface area contributed by atoms with Crippen LogP contribution in [0.5, 0.6) is 0 Å². The molecule has 0 fully saturated rings. The van der Waals surface area contributed by atoms with E-state index in [2.05, 4.69) is 11.3 Å². The van der Waals surface area contributed by atoms with Crippen LogP contribution >= 0.6 is 7.14 Å². The highest BCUT2D eigenvalue weighted by Crippen LogP contribution is 2.45. The van der Waals surface area contributed by atoms with Crippen LogP contribution in [0.1, 0.15) is 0 Å². The van der Waals surface area contributed by atoms with E-state index in [1.54, 1.807) is 0 Å². The number of hydrogen-bond acceptors (Lipinski definition) is 3. The van der Waals surface area contributed by atoms with E-state index in [0.717, 1.165) is 0 Å². The molecule has 0 spiro atoms. The second-order valence-electron chi connectivity index (χ2n) is 2.29. The molecular weight excluding hydrogens is 151 g/mol. The van der Waals surface area contributed by atoms with E-state index in [0.29, 0.717) is 0 Å². The van der Waals surface area contributed by atoms with E-state index in [9.17, 15) is 9.36 Å². The summed E-state index contributed by atoms with van der Waals surface area (Å²) in [5, 5.41) is 0.0648. The molecular formula is C6H11O3P. The van der Waals surface area contributed by atoms with E-state index in [1.807, 2.05) is 0 Å². The quantitative estimate of drug-likeness (QED) is 0.349. The maximum atomic E-state index is 11.1. The predicted octanol–water partition coefficient (Wildman–Crippen LogP) is 1.30. The number of esters is 1. The monoisotopic (exact) mass is 162 g/mol. The maximum absolute atomic E-state index is 11.1. The second-order valence-corrected chi connectivity index (χ2v) is 5.53. The van der Waals surface area contributed by atoms with Crippen molar-refractivity contribution < 1.29 is 14.1 Å².